The van der Waals surface area contributed by atoms with E-state index in [-0.39, 0.29) is 5.91 Å². The van der Waals surface area contributed by atoms with Crippen LogP contribution >= 0.6 is 0 Å². The summed E-state index contributed by atoms with van der Waals surface area (Å²) in [5, 5.41) is 2.79. The van der Waals surface area contributed by atoms with Gasteiger partial charge in [-0.05, 0) is 25.0 Å². The molecule has 0 bridgehead atoms. The van der Waals surface area contributed by atoms with Crippen LogP contribution in [0.4, 0.5) is 0 Å². The van der Waals surface area contributed by atoms with E-state index in [0.717, 1.165) is 12.8 Å². The standard InChI is InChI=1S/C10H15N3O2/c11-15-8-2-1-5-13-10(14)9-3-6-12-7-4-9/h3-4,6-7H,1-2,5,8,11H2,(H,13,14). The Labute approximate surface area is 88.6 Å². The molecule has 0 aliphatic carbocycles. The summed E-state index contributed by atoms with van der Waals surface area (Å²) in [6, 6.07) is 3.36. The molecule has 0 unspecified atom stereocenters. The summed E-state index contributed by atoms with van der Waals surface area (Å²) in [4.78, 5) is 19.7. The second kappa shape index (κ2) is 6.92. The number of hydrogen-bond donors (Lipinski definition) is 2. The van der Waals surface area contributed by atoms with Gasteiger partial charge in [-0.15, -0.1) is 0 Å². The predicted molar refractivity (Wildman–Crippen MR) is 55.9 cm³/mol. The summed E-state index contributed by atoms with van der Waals surface area (Å²) in [6.07, 6.45) is 4.88. The monoisotopic (exact) mass is 209 g/mol. The fourth-order valence-electron chi connectivity index (χ4n) is 1.12. The number of rotatable bonds is 6. The predicted octanol–water partition coefficient (Wildman–Crippen LogP) is 0.482. The highest BCUT2D eigenvalue weighted by Gasteiger charge is 2.02. The fraction of sp³-hybridized carbons (Fsp3) is 0.400. The van der Waals surface area contributed by atoms with Gasteiger partial charge in [0, 0.05) is 24.5 Å². The van der Waals surface area contributed by atoms with Crippen molar-refractivity contribution in [3.05, 3.63) is 30.1 Å². The van der Waals surface area contributed by atoms with Gasteiger partial charge in [0.25, 0.3) is 5.91 Å². The average Bonchev–Trinajstić information content (AvgIpc) is 2.30. The molecule has 0 fully saturated rings. The maximum atomic E-state index is 11.5. The van der Waals surface area contributed by atoms with E-state index in [1.807, 2.05) is 0 Å². The molecule has 15 heavy (non-hydrogen) atoms. The van der Waals surface area contributed by atoms with Crippen LogP contribution < -0.4 is 11.2 Å². The summed E-state index contributed by atoms with van der Waals surface area (Å²) in [5.74, 6) is 4.79. The Kier molecular flexibility index (Phi) is 5.35. The smallest absolute Gasteiger partial charge is 0.251 e. The topological polar surface area (TPSA) is 77.2 Å². The second-order valence-corrected chi connectivity index (χ2v) is 3.07. The maximum absolute atomic E-state index is 11.5. The molecule has 0 aromatic carbocycles. The van der Waals surface area contributed by atoms with Crippen LogP contribution in [-0.2, 0) is 4.84 Å². The first-order chi connectivity index (χ1) is 7.34. The van der Waals surface area contributed by atoms with Crippen LogP contribution in [0, 0.1) is 0 Å². The van der Waals surface area contributed by atoms with Crippen LogP contribution in [0.15, 0.2) is 24.5 Å². The first-order valence-corrected chi connectivity index (χ1v) is 4.84. The van der Waals surface area contributed by atoms with Gasteiger partial charge in [0.15, 0.2) is 0 Å². The molecule has 0 saturated carbocycles. The van der Waals surface area contributed by atoms with E-state index in [2.05, 4.69) is 15.1 Å². The third-order valence-corrected chi connectivity index (χ3v) is 1.92. The van der Waals surface area contributed by atoms with Crippen LogP contribution in [0.3, 0.4) is 0 Å². The fourth-order valence-corrected chi connectivity index (χ4v) is 1.12. The molecule has 0 atom stereocenters. The molecule has 1 aromatic rings. The van der Waals surface area contributed by atoms with E-state index in [1.165, 1.54) is 0 Å². The van der Waals surface area contributed by atoms with Gasteiger partial charge in [0.2, 0.25) is 0 Å². The van der Waals surface area contributed by atoms with Crippen molar-refractivity contribution in [1.82, 2.24) is 10.3 Å². The van der Waals surface area contributed by atoms with Gasteiger partial charge in [0.05, 0.1) is 6.61 Å². The molecule has 1 amide bonds. The Morgan fingerprint density at radius 1 is 1.40 bits per heavy atom. The van der Waals surface area contributed by atoms with Crippen molar-refractivity contribution < 1.29 is 9.63 Å². The Bertz CT molecular complexity index is 290. The number of hydrogen-bond acceptors (Lipinski definition) is 4. The molecule has 0 spiro atoms. The third-order valence-electron chi connectivity index (χ3n) is 1.92. The van der Waals surface area contributed by atoms with Gasteiger partial charge in [-0.25, -0.2) is 5.90 Å². The van der Waals surface area contributed by atoms with Crippen LogP contribution in [0.5, 0.6) is 0 Å². The number of carbonyl (C=O) groups is 1. The molecule has 0 aliphatic rings. The highest BCUT2D eigenvalue weighted by atomic mass is 16.6. The average molecular weight is 209 g/mol. The molecule has 5 nitrogen and oxygen atoms in total. The Hall–Kier alpha value is -1.46. The summed E-state index contributed by atoms with van der Waals surface area (Å²) in [7, 11) is 0. The SMILES string of the molecule is NOCCCCNC(=O)c1ccncc1. The van der Waals surface area contributed by atoms with Gasteiger partial charge < -0.3 is 10.2 Å². The molecule has 1 heterocycles. The van der Waals surface area contributed by atoms with Gasteiger partial charge >= 0.3 is 0 Å². The minimum absolute atomic E-state index is 0.0777. The van der Waals surface area contributed by atoms with Crippen molar-refractivity contribution in [2.45, 2.75) is 12.8 Å². The number of nitrogens with zero attached hydrogens (tertiary/aromatic N) is 1. The second-order valence-electron chi connectivity index (χ2n) is 3.07. The number of aromatic nitrogens is 1. The zero-order valence-corrected chi connectivity index (χ0v) is 8.48. The highest BCUT2D eigenvalue weighted by molar-refractivity contribution is 5.93. The van der Waals surface area contributed by atoms with E-state index in [4.69, 9.17) is 5.90 Å². The molecule has 82 valence electrons. The van der Waals surface area contributed by atoms with E-state index in [0.29, 0.717) is 18.7 Å². The van der Waals surface area contributed by atoms with Crippen LogP contribution in [0.1, 0.15) is 23.2 Å². The summed E-state index contributed by atoms with van der Waals surface area (Å²) in [5.41, 5.74) is 0.625. The zero-order valence-electron chi connectivity index (χ0n) is 8.48. The van der Waals surface area contributed by atoms with Crippen LogP contribution in [0.25, 0.3) is 0 Å². The molecule has 0 radical (unpaired) electrons. The third kappa shape index (κ3) is 4.53. The van der Waals surface area contributed by atoms with E-state index >= 15 is 0 Å². The Morgan fingerprint density at radius 2 is 2.13 bits per heavy atom. The molecule has 1 rings (SSSR count). The number of nitrogens with one attached hydrogen (secondary N) is 1. The highest BCUT2D eigenvalue weighted by Crippen LogP contribution is 1.95. The van der Waals surface area contributed by atoms with Crippen LogP contribution in [-0.4, -0.2) is 24.0 Å². The van der Waals surface area contributed by atoms with Gasteiger partial charge in [-0.3, -0.25) is 9.78 Å². The first-order valence-electron chi connectivity index (χ1n) is 4.84. The van der Waals surface area contributed by atoms with Gasteiger partial charge in [0.1, 0.15) is 0 Å². The molecular weight excluding hydrogens is 194 g/mol. The van der Waals surface area contributed by atoms with E-state index in [1.54, 1.807) is 24.5 Å². The van der Waals surface area contributed by atoms with Crippen LogP contribution in [0.2, 0.25) is 0 Å². The largest absolute Gasteiger partial charge is 0.352 e. The minimum atomic E-state index is -0.0777. The Balaban J connectivity index is 2.20. The number of amides is 1. The Morgan fingerprint density at radius 3 is 2.80 bits per heavy atom. The van der Waals surface area contributed by atoms with Crippen molar-refractivity contribution in [3.63, 3.8) is 0 Å². The van der Waals surface area contributed by atoms with Crippen molar-refractivity contribution >= 4 is 5.91 Å². The number of pyridine rings is 1. The normalized spacial score (nSPS) is 9.93. The number of nitrogens with two attached hydrogens (primary N) is 1. The summed E-state index contributed by atoms with van der Waals surface area (Å²) >= 11 is 0. The quantitative estimate of drug-likeness (QED) is 0.527. The maximum Gasteiger partial charge on any atom is 0.251 e. The molecule has 5 heteroatoms. The van der Waals surface area contributed by atoms with Gasteiger partial charge in [-0.1, -0.05) is 0 Å². The molecule has 1 aromatic heterocycles. The molecule has 0 aliphatic heterocycles. The van der Waals surface area contributed by atoms with E-state index < -0.39 is 0 Å². The lowest BCUT2D eigenvalue weighted by Crippen LogP contribution is -2.24. The van der Waals surface area contributed by atoms with Crippen molar-refractivity contribution in [3.8, 4) is 0 Å². The van der Waals surface area contributed by atoms with Gasteiger partial charge in [-0.2, -0.15) is 0 Å². The summed E-state index contributed by atoms with van der Waals surface area (Å²) in [6.45, 7) is 1.15. The minimum Gasteiger partial charge on any atom is -0.352 e. The number of unbranched alkanes of at least 4 members (excludes halogenated alkanes) is 1. The first kappa shape index (κ1) is 11.6. The molecular formula is C10H15N3O2. The lowest BCUT2D eigenvalue weighted by atomic mass is 10.2. The van der Waals surface area contributed by atoms with E-state index in [9.17, 15) is 4.79 Å². The van der Waals surface area contributed by atoms with Crippen molar-refractivity contribution in [2.75, 3.05) is 13.2 Å². The van der Waals surface area contributed by atoms with Crippen molar-refractivity contribution in [1.29, 1.82) is 0 Å². The lowest BCUT2D eigenvalue weighted by Gasteiger charge is -2.04. The van der Waals surface area contributed by atoms with Crippen molar-refractivity contribution in [2.24, 2.45) is 5.90 Å². The molecule has 0 saturated heterocycles. The molecule has 3 N–H and O–H groups in total. The lowest BCUT2D eigenvalue weighted by molar-refractivity contribution is 0.0949. The number of carbonyl (C=O) groups excluding carboxylic acids is 1. The zero-order chi connectivity index (χ0) is 10.9. The summed E-state index contributed by atoms with van der Waals surface area (Å²) < 4.78 is 0.